The summed E-state index contributed by atoms with van der Waals surface area (Å²) in [7, 11) is 0. The molecular weight excluding hydrogens is 242 g/mol. The lowest BCUT2D eigenvalue weighted by Crippen LogP contribution is -2.11. The third kappa shape index (κ3) is 2.00. The van der Waals surface area contributed by atoms with Gasteiger partial charge in [0.2, 0.25) is 0 Å². The van der Waals surface area contributed by atoms with Crippen LogP contribution in [0.1, 0.15) is 10.4 Å². The average molecular weight is 246 g/mol. The second-order valence-electron chi connectivity index (χ2n) is 2.16. The highest BCUT2D eigenvalue weighted by atomic mass is 79.9. The average Bonchev–Trinajstić information content (AvgIpc) is 2.04. The lowest BCUT2D eigenvalue weighted by Gasteiger charge is -1.96. The summed E-state index contributed by atoms with van der Waals surface area (Å²) in [5, 5.41) is 10.4. The van der Waals surface area contributed by atoms with Gasteiger partial charge in [0.15, 0.2) is 4.60 Å². The molecule has 1 heterocycles. The Labute approximate surface area is 81.0 Å². The summed E-state index contributed by atoms with van der Waals surface area (Å²) in [5.74, 6) is -0.747. The van der Waals surface area contributed by atoms with Crippen molar-refractivity contribution in [1.82, 2.24) is 4.98 Å². The number of carbonyl (C=O) groups is 1. The molecule has 0 aromatic carbocycles. The third-order valence-electron chi connectivity index (χ3n) is 1.30. The fraction of sp³-hybridized carbons (Fsp3) is 0. The van der Waals surface area contributed by atoms with Gasteiger partial charge < -0.3 is 5.73 Å². The molecule has 0 aliphatic carbocycles. The summed E-state index contributed by atoms with van der Waals surface area (Å²) in [6.45, 7) is 0. The molecule has 2 N–H and O–H groups in total. The summed E-state index contributed by atoms with van der Waals surface area (Å²) in [6, 6.07) is 1.07. The Balaban J connectivity index is 3.27. The summed E-state index contributed by atoms with van der Waals surface area (Å²) in [4.78, 5) is 24.0. The van der Waals surface area contributed by atoms with E-state index in [1.807, 2.05) is 0 Å². The highest BCUT2D eigenvalue weighted by molar-refractivity contribution is 9.10. The van der Waals surface area contributed by atoms with Crippen LogP contribution in [-0.2, 0) is 0 Å². The van der Waals surface area contributed by atoms with Crippen molar-refractivity contribution < 1.29 is 9.72 Å². The summed E-state index contributed by atoms with van der Waals surface area (Å²) in [6.07, 6.45) is 1.17. The van der Waals surface area contributed by atoms with Crippen LogP contribution >= 0.6 is 15.9 Å². The van der Waals surface area contributed by atoms with Crippen LogP contribution in [0.5, 0.6) is 0 Å². The maximum Gasteiger partial charge on any atom is 0.302 e. The fourth-order valence-corrected chi connectivity index (χ4v) is 1.06. The number of carbonyl (C=O) groups excluding carboxylic acids is 1. The summed E-state index contributed by atoms with van der Waals surface area (Å²) >= 11 is 2.88. The Morgan fingerprint density at radius 2 is 2.31 bits per heavy atom. The minimum Gasteiger partial charge on any atom is -0.366 e. The number of halogens is 1. The Hall–Kier alpha value is -1.50. The molecule has 0 saturated heterocycles. The van der Waals surface area contributed by atoms with E-state index in [0.717, 1.165) is 6.07 Å². The molecule has 7 heteroatoms. The van der Waals surface area contributed by atoms with Gasteiger partial charge in [0.1, 0.15) is 0 Å². The topological polar surface area (TPSA) is 99.1 Å². The number of amides is 1. The normalized spacial score (nSPS) is 9.62. The molecule has 68 valence electrons. The molecule has 1 amide bonds. The van der Waals surface area contributed by atoms with E-state index in [1.54, 1.807) is 0 Å². The monoisotopic (exact) mass is 245 g/mol. The van der Waals surface area contributed by atoms with Gasteiger partial charge in [-0.05, 0) is 15.9 Å². The summed E-state index contributed by atoms with van der Waals surface area (Å²) < 4.78 is 0.0718. The molecule has 1 aromatic heterocycles. The number of nitro groups is 1. The van der Waals surface area contributed by atoms with Crippen molar-refractivity contribution >= 4 is 27.5 Å². The molecule has 0 saturated carbocycles. The van der Waals surface area contributed by atoms with Gasteiger partial charge in [-0.15, -0.1) is 0 Å². The second kappa shape index (κ2) is 3.48. The predicted molar refractivity (Wildman–Crippen MR) is 47.1 cm³/mol. The zero-order valence-electron chi connectivity index (χ0n) is 6.23. The summed E-state index contributed by atoms with van der Waals surface area (Å²) in [5.41, 5.74) is 4.64. The zero-order chi connectivity index (χ0) is 10.0. The Morgan fingerprint density at radius 1 is 1.69 bits per heavy atom. The van der Waals surface area contributed by atoms with E-state index < -0.39 is 10.8 Å². The van der Waals surface area contributed by atoms with Crippen LogP contribution in [0.15, 0.2) is 16.9 Å². The number of hydrogen-bond donors (Lipinski definition) is 1. The van der Waals surface area contributed by atoms with Crippen LogP contribution in [0, 0.1) is 10.1 Å². The molecule has 0 atom stereocenters. The highest BCUT2D eigenvalue weighted by Gasteiger charge is 2.15. The van der Waals surface area contributed by atoms with Crippen molar-refractivity contribution in [2.45, 2.75) is 0 Å². The molecule has 1 aromatic rings. The molecule has 1 rings (SSSR count). The molecule has 6 nitrogen and oxygen atoms in total. The van der Waals surface area contributed by atoms with Gasteiger partial charge in [-0.1, -0.05) is 0 Å². The Kier molecular flexibility index (Phi) is 2.57. The van der Waals surface area contributed by atoms with Crippen LogP contribution in [0.25, 0.3) is 0 Å². The number of primary amides is 1. The Bertz CT molecular complexity index is 379. The van der Waals surface area contributed by atoms with Gasteiger partial charge in [0.05, 0.1) is 10.5 Å². The number of nitrogens with two attached hydrogens (primary N) is 1. The maximum atomic E-state index is 10.6. The van der Waals surface area contributed by atoms with Crippen molar-refractivity contribution in [3.63, 3.8) is 0 Å². The molecule has 13 heavy (non-hydrogen) atoms. The van der Waals surface area contributed by atoms with E-state index in [2.05, 4.69) is 20.9 Å². The maximum absolute atomic E-state index is 10.6. The van der Waals surface area contributed by atoms with Crippen LogP contribution in [0.4, 0.5) is 5.69 Å². The first-order valence-electron chi connectivity index (χ1n) is 3.12. The van der Waals surface area contributed by atoms with Crippen molar-refractivity contribution in [3.05, 3.63) is 32.5 Å². The van der Waals surface area contributed by atoms with Gasteiger partial charge in [0.25, 0.3) is 5.91 Å². The van der Waals surface area contributed by atoms with Crippen LogP contribution in [0.2, 0.25) is 0 Å². The van der Waals surface area contributed by atoms with E-state index in [4.69, 9.17) is 5.73 Å². The van der Waals surface area contributed by atoms with Gasteiger partial charge in [-0.25, -0.2) is 4.98 Å². The van der Waals surface area contributed by atoms with Gasteiger partial charge in [-0.3, -0.25) is 14.9 Å². The molecule has 0 aliphatic heterocycles. The minimum atomic E-state index is -0.747. The number of aromatic nitrogens is 1. The van der Waals surface area contributed by atoms with Crippen LogP contribution in [0.3, 0.4) is 0 Å². The first-order chi connectivity index (χ1) is 6.02. The first-order valence-corrected chi connectivity index (χ1v) is 3.91. The van der Waals surface area contributed by atoms with Crippen molar-refractivity contribution in [2.75, 3.05) is 0 Å². The van der Waals surface area contributed by atoms with Crippen LogP contribution in [-0.4, -0.2) is 15.8 Å². The van der Waals surface area contributed by atoms with Crippen molar-refractivity contribution in [2.24, 2.45) is 5.73 Å². The molecule has 0 unspecified atom stereocenters. The number of nitrogens with zero attached hydrogens (tertiary/aromatic N) is 2. The molecule has 0 spiro atoms. The lowest BCUT2D eigenvalue weighted by molar-refractivity contribution is -0.386. The second-order valence-corrected chi connectivity index (χ2v) is 2.91. The first kappa shape index (κ1) is 9.59. The fourth-order valence-electron chi connectivity index (χ4n) is 0.699. The molecule has 0 aliphatic rings. The van der Waals surface area contributed by atoms with E-state index in [0.29, 0.717) is 0 Å². The molecular formula is C6H4BrN3O3. The van der Waals surface area contributed by atoms with E-state index in [-0.39, 0.29) is 15.9 Å². The minimum absolute atomic E-state index is 0.00917. The third-order valence-corrected chi connectivity index (χ3v) is 1.91. The SMILES string of the molecule is NC(=O)c1cnc(Br)c([N+](=O)[O-])c1. The molecule has 0 bridgehead atoms. The number of hydrogen-bond acceptors (Lipinski definition) is 4. The zero-order valence-corrected chi connectivity index (χ0v) is 7.82. The predicted octanol–water partition coefficient (Wildman–Crippen LogP) is 0.851. The molecule has 0 fully saturated rings. The Morgan fingerprint density at radius 3 is 2.77 bits per heavy atom. The number of rotatable bonds is 2. The molecule has 0 radical (unpaired) electrons. The van der Waals surface area contributed by atoms with E-state index in [1.165, 1.54) is 6.20 Å². The largest absolute Gasteiger partial charge is 0.366 e. The highest BCUT2D eigenvalue weighted by Crippen LogP contribution is 2.22. The van der Waals surface area contributed by atoms with Gasteiger partial charge in [0, 0.05) is 12.3 Å². The van der Waals surface area contributed by atoms with Crippen LogP contribution < -0.4 is 5.73 Å². The van der Waals surface area contributed by atoms with E-state index >= 15 is 0 Å². The quantitative estimate of drug-likeness (QED) is 0.475. The smallest absolute Gasteiger partial charge is 0.302 e. The standard InChI is InChI=1S/C6H4BrN3O3/c7-5-4(10(12)13)1-3(2-9-5)6(8)11/h1-2H,(H2,8,11). The van der Waals surface area contributed by atoms with E-state index in [9.17, 15) is 14.9 Å². The number of pyridine rings is 1. The van der Waals surface area contributed by atoms with Crippen molar-refractivity contribution in [1.29, 1.82) is 0 Å². The van der Waals surface area contributed by atoms with Gasteiger partial charge >= 0.3 is 5.69 Å². The van der Waals surface area contributed by atoms with Crippen molar-refractivity contribution in [3.8, 4) is 0 Å². The lowest BCUT2D eigenvalue weighted by atomic mass is 10.2. The van der Waals surface area contributed by atoms with Gasteiger partial charge in [-0.2, -0.15) is 0 Å².